The first kappa shape index (κ1) is 22.3. The van der Waals surface area contributed by atoms with Crippen LogP contribution in [0.2, 0.25) is 0 Å². The Labute approximate surface area is 185 Å². The van der Waals surface area contributed by atoms with Crippen LogP contribution < -0.4 is 4.74 Å². The van der Waals surface area contributed by atoms with Gasteiger partial charge in [-0.2, -0.15) is 13.2 Å². The second-order valence-electron chi connectivity index (χ2n) is 7.56. The second kappa shape index (κ2) is 8.57. The van der Waals surface area contributed by atoms with Crippen LogP contribution in [0.4, 0.5) is 17.6 Å². The number of ether oxygens (including phenoxy) is 1. The van der Waals surface area contributed by atoms with Crippen molar-refractivity contribution in [1.82, 2.24) is 4.90 Å². The van der Waals surface area contributed by atoms with Crippen molar-refractivity contribution in [2.24, 2.45) is 0 Å². The number of carbonyl (C=O) groups is 2. The van der Waals surface area contributed by atoms with E-state index in [1.165, 1.54) is 4.90 Å². The second-order valence-corrected chi connectivity index (χ2v) is 7.56. The molecule has 0 atom stereocenters. The number of aliphatic carboxylic acids is 1. The topological polar surface area (TPSA) is 66.8 Å². The Hall–Kier alpha value is -3.88. The molecular formula is C24H17F4NO4. The molecule has 3 aromatic rings. The number of rotatable bonds is 4. The monoisotopic (exact) mass is 459 g/mol. The number of carboxylic acid groups (broad SMARTS) is 1. The predicted octanol–water partition coefficient (Wildman–Crippen LogP) is 5.13. The summed E-state index contributed by atoms with van der Waals surface area (Å²) in [6.45, 7) is -0.114. The van der Waals surface area contributed by atoms with Crippen molar-refractivity contribution in [3.8, 4) is 16.9 Å². The van der Waals surface area contributed by atoms with E-state index < -0.39 is 35.0 Å². The molecule has 170 valence electrons. The summed E-state index contributed by atoms with van der Waals surface area (Å²) in [5.74, 6) is -2.47. The van der Waals surface area contributed by atoms with E-state index in [0.717, 1.165) is 17.2 Å². The quantitative estimate of drug-likeness (QED) is 0.550. The lowest BCUT2D eigenvalue weighted by atomic mass is 9.99. The van der Waals surface area contributed by atoms with Crippen LogP contribution in [-0.4, -0.2) is 28.6 Å². The summed E-state index contributed by atoms with van der Waals surface area (Å²) in [5.41, 5.74) is 1.14. The summed E-state index contributed by atoms with van der Waals surface area (Å²) in [7, 11) is 0. The number of benzene rings is 3. The minimum atomic E-state index is -4.71. The summed E-state index contributed by atoms with van der Waals surface area (Å²) in [6.07, 6.45) is -4.84. The number of hydrogen-bond donors (Lipinski definition) is 1. The first-order valence-electron chi connectivity index (χ1n) is 9.84. The van der Waals surface area contributed by atoms with Gasteiger partial charge < -0.3 is 14.7 Å². The molecule has 0 saturated heterocycles. The molecule has 0 aromatic heterocycles. The lowest BCUT2D eigenvalue weighted by molar-refractivity contribution is -0.138. The first-order chi connectivity index (χ1) is 15.6. The summed E-state index contributed by atoms with van der Waals surface area (Å²) >= 11 is 0. The first-order valence-corrected chi connectivity index (χ1v) is 9.84. The molecular weight excluding hydrogens is 442 g/mol. The summed E-state index contributed by atoms with van der Waals surface area (Å²) in [4.78, 5) is 24.9. The summed E-state index contributed by atoms with van der Waals surface area (Å²) in [5, 5.41) is 9.00. The molecule has 0 radical (unpaired) electrons. The van der Waals surface area contributed by atoms with Gasteiger partial charge in [-0.1, -0.05) is 30.3 Å². The summed E-state index contributed by atoms with van der Waals surface area (Å²) in [6, 6.07) is 14.1. The lowest BCUT2D eigenvalue weighted by Crippen LogP contribution is -2.37. The van der Waals surface area contributed by atoms with E-state index in [0.29, 0.717) is 29.0 Å². The Morgan fingerprint density at radius 2 is 1.76 bits per heavy atom. The standard InChI is InChI=1S/C24H17F4NO4/c25-20-11-18(24(26,27)28)5-6-19(20)23(32)29-12-17-10-16(4-7-21(17)33-13-29)15-3-1-2-14(8-15)9-22(30)31/h1-8,10-11H,9,12-13H2,(H,30,31). The van der Waals surface area contributed by atoms with Crippen LogP contribution in [0.1, 0.15) is 27.0 Å². The number of hydrogen-bond acceptors (Lipinski definition) is 3. The number of amides is 1. The normalized spacial score (nSPS) is 13.3. The van der Waals surface area contributed by atoms with Gasteiger partial charge in [0.25, 0.3) is 5.91 Å². The number of halogens is 4. The van der Waals surface area contributed by atoms with Crippen molar-refractivity contribution in [1.29, 1.82) is 0 Å². The van der Waals surface area contributed by atoms with Crippen molar-refractivity contribution in [2.75, 3.05) is 6.73 Å². The third kappa shape index (κ3) is 4.82. The van der Waals surface area contributed by atoms with E-state index in [4.69, 9.17) is 9.84 Å². The number of alkyl halides is 3. The van der Waals surface area contributed by atoms with Gasteiger partial charge in [0.2, 0.25) is 0 Å². The van der Waals surface area contributed by atoms with Crippen LogP contribution in [0.15, 0.2) is 60.7 Å². The van der Waals surface area contributed by atoms with E-state index in [-0.39, 0.29) is 19.7 Å². The molecule has 1 heterocycles. The highest BCUT2D eigenvalue weighted by Gasteiger charge is 2.32. The summed E-state index contributed by atoms with van der Waals surface area (Å²) < 4.78 is 58.2. The maximum Gasteiger partial charge on any atom is 0.416 e. The molecule has 1 aliphatic rings. The van der Waals surface area contributed by atoms with Crippen LogP contribution in [0.5, 0.6) is 5.75 Å². The van der Waals surface area contributed by atoms with Gasteiger partial charge in [0.05, 0.1) is 24.1 Å². The van der Waals surface area contributed by atoms with Gasteiger partial charge in [0, 0.05) is 5.56 Å². The molecule has 1 aliphatic heterocycles. The maximum absolute atomic E-state index is 14.3. The third-order valence-corrected chi connectivity index (χ3v) is 5.23. The van der Waals surface area contributed by atoms with E-state index >= 15 is 0 Å². The van der Waals surface area contributed by atoms with E-state index in [1.54, 1.807) is 36.4 Å². The predicted molar refractivity (Wildman–Crippen MR) is 110 cm³/mol. The Kier molecular flexibility index (Phi) is 5.80. The zero-order valence-electron chi connectivity index (χ0n) is 17.0. The van der Waals surface area contributed by atoms with Gasteiger partial charge in [0.1, 0.15) is 11.6 Å². The van der Waals surface area contributed by atoms with Gasteiger partial charge in [-0.25, -0.2) is 4.39 Å². The Bertz CT molecular complexity index is 1240. The van der Waals surface area contributed by atoms with Crippen molar-refractivity contribution in [3.05, 3.63) is 88.7 Å². The average molecular weight is 459 g/mol. The molecule has 0 saturated carbocycles. The number of carboxylic acids is 1. The zero-order chi connectivity index (χ0) is 23.8. The molecule has 4 rings (SSSR count). The molecule has 1 N–H and O–H groups in total. The fourth-order valence-corrected chi connectivity index (χ4v) is 3.62. The number of nitrogens with zero attached hydrogens (tertiary/aromatic N) is 1. The number of carbonyl (C=O) groups excluding carboxylic acids is 1. The molecule has 3 aromatic carbocycles. The minimum absolute atomic E-state index is 0.0668. The highest BCUT2D eigenvalue weighted by atomic mass is 19.4. The smallest absolute Gasteiger partial charge is 0.416 e. The van der Waals surface area contributed by atoms with Crippen LogP contribution in [-0.2, 0) is 23.9 Å². The van der Waals surface area contributed by atoms with Crippen molar-refractivity contribution < 1.29 is 37.0 Å². The molecule has 5 nitrogen and oxygen atoms in total. The lowest BCUT2D eigenvalue weighted by Gasteiger charge is -2.29. The van der Waals surface area contributed by atoms with Crippen molar-refractivity contribution in [3.63, 3.8) is 0 Å². The van der Waals surface area contributed by atoms with Crippen molar-refractivity contribution >= 4 is 11.9 Å². The molecule has 0 bridgehead atoms. The highest BCUT2D eigenvalue weighted by Crippen LogP contribution is 2.33. The molecule has 0 spiro atoms. The molecule has 1 amide bonds. The maximum atomic E-state index is 14.3. The molecule has 0 unspecified atom stereocenters. The van der Waals surface area contributed by atoms with Crippen LogP contribution >= 0.6 is 0 Å². The van der Waals surface area contributed by atoms with Gasteiger partial charge >= 0.3 is 12.1 Å². The van der Waals surface area contributed by atoms with Crippen LogP contribution in [0.25, 0.3) is 11.1 Å². The molecule has 0 fully saturated rings. The van der Waals surface area contributed by atoms with E-state index in [1.807, 2.05) is 6.07 Å². The molecule has 9 heteroatoms. The zero-order valence-corrected chi connectivity index (χ0v) is 17.0. The van der Waals surface area contributed by atoms with Gasteiger partial charge in [0.15, 0.2) is 6.73 Å². The van der Waals surface area contributed by atoms with E-state index in [2.05, 4.69) is 0 Å². The molecule has 33 heavy (non-hydrogen) atoms. The van der Waals surface area contributed by atoms with Gasteiger partial charge in [-0.05, 0) is 47.0 Å². The minimum Gasteiger partial charge on any atom is -0.481 e. The SMILES string of the molecule is O=C(O)Cc1cccc(-c2ccc3c(c2)CN(C(=O)c2ccc(C(F)(F)F)cc2F)CO3)c1. The fourth-order valence-electron chi connectivity index (χ4n) is 3.62. The fraction of sp³-hybridized carbons (Fsp3) is 0.167. The Morgan fingerprint density at radius 1 is 1.00 bits per heavy atom. The Balaban J connectivity index is 1.57. The van der Waals surface area contributed by atoms with Crippen LogP contribution in [0.3, 0.4) is 0 Å². The third-order valence-electron chi connectivity index (χ3n) is 5.23. The molecule has 0 aliphatic carbocycles. The number of fused-ring (bicyclic) bond motifs is 1. The highest BCUT2D eigenvalue weighted by molar-refractivity contribution is 5.94. The average Bonchev–Trinajstić information content (AvgIpc) is 2.77. The van der Waals surface area contributed by atoms with Gasteiger partial charge in [-0.3, -0.25) is 9.59 Å². The largest absolute Gasteiger partial charge is 0.481 e. The van der Waals surface area contributed by atoms with Crippen LogP contribution in [0, 0.1) is 5.82 Å². The van der Waals surface area contributed by atoms with Crippen molar-refractivity contribution in [2.45, 2.75) is 19.1 Å². The Morgan fingerprint density at radius 3 is 2.45 bits per heavy atom. The van der Waals surface area contributed by atoms with Gasteiger partial charge in [-0.15, -0.1) is 0 Å². The van der Waals surface area contributed by atoms with E-state index in [9.17, 15) is 27.2 Å².